The van der Waals surface area contributed by atoms with Crippen LogP contribution in [0.5, 0.6) is 0 Å². The third kappa shape index (κ3) is 6.31. The molecule has 0 aliphatic carbocycles. The molecule has 4 aromatic rings. The molecule has 14 nitrogen and oxygen atoms in total. The second kappa shape index (κ2) is 11.1. The predicted molar refractivity (Wildman–Crippen MR) is 141 cm³/mol. The number of aromatic nitrogens is 4. The van der Waals surface area contributed by atoms with Crippen molar-refractivity contribution in [3.8, 4) is 0 Å². The van der Waals surface area contributed by atoms with E-state index in [1.165, 1.54) is 35.2 Å². The van der Waals surface area contributed by atoms with Crippen LogP contribution in [0.1, 0.15) is 11.8 Å². The van der Waals surface area contributed by atoms with Gasteiger partial charge in [-0.15, -0.1) is 0 Å². The minimum Gasteiger partial charge on any atom is -0.387 e. The summed E-state index contributed by atoms with van der Waals surface area (Å²) in [5.41, 5.74) is -0.531. The fourth-order valence-electron chi connectivity index (χ4n) is 4.51. The van der Waals surface area contributed by atoms with Crippen LogP contribution in [0.4, 0.5) is 24.7 Å². The van der Waals surface area contributed by atoms with Gasteiger partial charge in [0.15, 0.2) is 29.1 Å². The molecule has 1 saturated heterocycles. The molecule has 0 amide bonds. The first-order valence-corrected chi connectivity index (χ1v) is 15.8. The summed E-state index contributed by atoms with van der Waals surface area (Å²) in [7, 11) is -9.67. The fourth-order valence-corrected chi connectivity index (χ4v) is 7.24. The maximum atomic E-state index is 13.6. The lowest BCUT2D eigenvalue weighted by Gasteiger charge is -2.18. The van der Waals surface area contributed by atoms with Crippen molar-refractivity contribution in [2.24, 2.45) is 0 Å². The van der Waals surface area contributed by atoms with Crippen molar-refractivity contribution < 1.29 is 56.5 Å². The quantitative estimate of drug-likeness (QED) is 0.119. The van der Waals surface area contributed by atoms with Gasteiger partial charge in [0, 0.05) is 11.1 Å². The van der Waals surface area contributed by atoms with Crippen LogP contribution in [-0.4, -0.2) is 75.2 Å². The van der Waals surface area contributed by atoms with Crippen LogP contribution in [0.15, 0.2) is 42.7 Å². The highest BCUT2D eigenvalue weighted by Crippen LogP contribution is 2.55. The van der Waals surface area contributed by atoms with Gasteiger partial charge in [0.05, 0.1) is 18.5 Å². The molecule has 0 spiro atoms. The van der Waals surface area contributed by atoms with Crippen molar-refractivity contribution in [2.45, 2.75) is 30.7 Å². The Balaban J connectivity index is 1.44. The van der Waals surface area contributed by atoms with Gasteiger partial charge in [-0.1, -0.05) is 24.3 Å². The summed E-state index contributed by atoms with van der Waals surface area (Å²) in [5, 5.41) is 23.9. The third-order valence-electron chi connectivity index (χ3n) is 6.29. The maximum Gasteiger partial charge on any atom is 0.417 e. The number of imidazole rings is 1. The second-order valence-electron chi connectivity index (χ2n) is 9.28. The normalized spacial score (nSPS) is 23.0. The first-order valence-electron chi connectivity index (χ1n) is 11.8. The number of fused-ring (bicyclic) bond motifs is 2. The molecule has 0 saturated carbocycles. The molecule has 5 rings (SSSR count). The van der Waals surface area contributed by atoms with Gasteiger partial charge in [-0.3, -0.25) is 13.7 Å². The fraction of sp³-hybridized carbons (Fsp3) is 0.318. The van der Waals surface area contributed by atoms with Crippen LogP contribution in [0.3, 0.4) is 0 Å². The SMILES string of the molecule is O=P(O)(O)CP(=O)(O)OC[C@H]1O[C@@H](n2cnc3c(Nc4ccc(C(F)(F)F)c5ccccc45)nc(Cl)nc32)C(O)C1O. The maximum absolute atomic E-state index is 13.6. The largest absolute Gasteiger partial charge is 0.417 e. The molecule has 42 heavy (non-hydrogen) atoms. The predicted octanol–water partition coefficient (Wildman–Crippen LogP) is 3.35. The van der Waals surface area contributed by atoms with Crippen molar-refractivity contribution in [3.05, 3.63) is 53.6 Å². The van der Waals surface area contributed by atoms with E-state index in [1.54, 1.807) is 6.07 Å². The van der Waals surface area contributed by atoms with Crippen LogP contribution in [0.25, 0.3) is 21.9 Å². The molecule has 20 heteroatoms. The zero-order valence-corrected chi connectivity index (χ0v) is 23.4. The van der Waals surface area contributed by atoms with E-state index in [2.05, 4.69) is 20.3 Å². The first-order chi connectivity index (χ1) is 19.5. The second-order valence-corrected chi connectivity index (χ2v) is 13.6. The summed E-state index contributed by atoms with van der Waals surface area (Å²) in [6.45, 7) is -0.807. The van der Waals surface area contributed by atoms with Gasteiger partial charge in [-0.25, -0.2) is 4.98 Å². The van der Waals surface area contributed by atoms with Gasteiger partial charge in [0.2, 0.25) is 5.28 Å². The number of hydrogen-bond donors (Lipinski definition) is 6. The van der Waals surface area contributed by atoms with E-state index < -0.39 is 64.0 Å². The summed E-state index contributed by atoms with van der Waals surface area (Å²) < 4.78 is 75.2. The Labute approximate surface area is 238 Å². The number of alkyl halides is 3. The smallest absolute Gasteiger partial charge is 0.387 e. The lowest BCUT2D eigenvalue weighted by Crippen LogP contribution is -2.33. The van der Waals surface area contributed by atoms with E-state index in [0.717, 1.165) is 6.07 Å². The number of rotatable bonds is 8. The number of halogens is 4. The molecule has 1 fully saturated rings. The zero-order valence-electron chi connectivity index (χ0n) is 20.8. The molecule has 226 valence electrons. The Morgan fingerprint density at radius 2 is 1.74 bits per heavy atom. The Morgan fingerprint density at radius 1 is 1.05 bits per heavy atom. The molecular weight excluding hydrogens is 633 g/mol. The number of ether oxygens (including phenoxy) is 1. The highest BCUT2D eigenvalue weighted by Gasteiger charge is 2.46. The van der Waals surface area contributed by atoms with Gasteiger partial charge in [0.1, 0.15) is 18.3 Å². The van der Waals surface area contributed by atoms with Gasteiger partial charge >= 0.3 is 21.4 Å². The molecule has 3 heterocycles. The number of anilines is 2. The summed E-state index contributed by atoms with van der Waals surface area (Å²) in [6, 6.07) is 7.99. The van der Waals surface area contributed by atoms with E-state index in [4.69, 9.17) is 30.6 Å². The summed E-state index contributed by atoms with van der Waals surface area (Å²) in [6.07, 6.45) is -9.54. The van der Waals surface area contributed by atoms with E-state index in [1.807, 2.05) is 0 Å². The third-order valence-corrected chi connectivity index (χ3v) is 9.92. The number of aliphatic hydroxyl groups excluding tert-OH is 2. The Bertz CT molecular complexity index is 1750. The molecule has 0 bridgehead atoms. The first kappa shape index (κ1) is 30.8. The summed E-state index contributed by atoms with van der Waals surface area (Å²) in [5.74, 6) is -1.46. The number of nitrogens with one attached hydrogen (secondary N) is 1. The minimum absolute atomic E-state index is 0.000218. The average Bonchev–Trinajstić information content (AvgIpc) is 3.41. The van der Waals surface area contributed by atoms with Gasteiger partial charge in [-0.05, 0) is 29.1 Å². The molecular formula is C22H21ClF3N5O9P2. The summed E-state index contributed by atoms with van der Waals surface area (Å²) >= 11 is 6.13. The van der Waals surface area contributed by atoms with E-state index in [9.17, 15) is 37.4 Å². The van der Waals surface area contributed by atoms with Crippen molar-refractivity contribution in [1.29, 1.82) is 0 Å². The van der Waals surface area contributed by atoms with Crippen molar-refractivity contribution in [1.82, 2.24) is 19.5 Å². The lowest BCUT2D eigenvalue weighted by atomic mass is 10.0. The van der Waals surface area contributed by atoms with Crippen LogP contribution in [0, 0.1) is 0 Å². The standard InChI is InChI=1S/C22H21ClF3N5O9P2/c23-21-29-18(28-13-6-5-12(22(24,25)26)10-3-1-2-4-11(10)13)15-19(30-21)31(8-27-15)20-17(33)16(32)14(40-20)7-39-42(37,38)9-41(34,35)36/h1-6,8,14,16-17,20,32-33H,7,9H2,(H,37,38)(H,28,29,30)(H2,34,35,36)/t14-,16?,17?,20-/m1/s1. The minimum atomic E-state index is -4.90. The van der Waals surface area contributed by atoms with Crippen molar-refractivity contribution in [3.63, 3.8) is 0 Å². The van der Waals surface area contributed by atoms with E-state index in [0.29, 0.717) is 0 Å². The number of benzene rings is 2. The van der Waals surface area contributed by atoms with Crippen molar-refractivity contribution >= 4 is 60.2 Å². The van der Waals surface area contributed by atoms with E-state index >= 15 is 0 Å². The zero-order chi connectivity index (χ0) is 30.6. The molecule has 6 N–H and O–H groups in total. The highest BCUT2D eigenvalue weighted by molar-refractivity contribution is 7.70. The van der Waals surface area contributed by atoms with Crippen LogP contribution in [0.2, 0.25) is 5.28 Å². The molecule has 2 aromatic carbocycles. The topological polar surface area (TPSA) is 209 Å². The monoisotopic (exact) mass is 653 g/mol. The van der Waals surface area contributed by atoms with Gasteiger partial charge in [0.25, 0.3) is 0 Å². The molecule has 3 unspecified atom stereocenters. The molecule has 2 aromatic heterocycles. The molecule has 1 aliphatic rings. The Hall–Kier alpha value is -2.69. The van der Waals surface area contributed by atoms with Gasteiger partial charge < -0.3 is 39.5 Å². The summed E-state index contributed by atoms with van der Waals surface area (Å²) in [4.78, 5) is 40.0. The molecule has 0 radical (unpaired) electrons. The Morgan fingerprint density at radius 3 is 2.40 bits per heavy atom. The highest BCUT2D eigenvalue weighted by atomic mass is 35.5. The van der Waals surface area contributed by atoms with E-state index in [-0.39, 0.29) is 38.7 Å². The number of aliphatic hydroxyl groups is 2. The van der Waals surface area contributed by atoms with Crippen LogP contribution >= 0.6 is 26.8 Å². The lowest BCUT2D eigenvalue weighted by molar-refractivity contribution is -0.136. The molecule has 5 atom stereocenters. The Kier molecular flexibility index (Phi) is 8.13. The molecule has 1 aliphatic heterocycles. The number of nitrogens with zero attached hydrogens (tertiary/aromatic N) is 4. The van der Waals surface area contributed by atoms with Crippen LogP contribution in [-0.2, 0) is 24.6 Å². The van der Waals surface area contributed by atoms with Crippen LogP contribution < -0.4 is 5.32 Å². The number of hydrogen-bond acceptors (Lipinski definition) is 10. The van der Waals surface area contributed by atoms with Crippen molar-refractivity contribution in [2.75, 3.05) is 17.8 Å². The average molecular weight is 654 g/mol. The van der Waals surface area contributed by atoms with Gasteiger partial charge in [-0.2, -0.15) is 23.1 Å².